The Bertz CT molecular complexity index is 284. The molecule has 2 heterocycles. The van der Waals surface area contributed by atoms with Crippen LogP contribution in [0.2, 0.25) is 0 Å². The molecule has 0 spiro atoms. The van der Waals surface area contributed by atoms with Gasteiger partial charge in [-0.1, -0.05) is 6.92 Å². The van der Waals surface area contributed by atoms with E-state index in [1.54, 1.807) is 0 Å². The fourth-order valence-electron chi connectivity index (χ4n) is 2.84. The highest BCUT2D eigenvalue weighted by Gasteiger charge is 2.31. The summed E-state index contributed by atoms with van der Waals surface area (Å²) < 4.78 is 11.1. The Balaban J connectivity index is 1.63. The molecule has 0 aliphatic carbocycles. The number of carboxylic acid groups (broad SMARTS) is 1. The van der Waals surface area contributed by atoms with E-state index in [0.717, 1.165) is 39.0 Å². The van der Waals surface area contributed by atoms with Gasteiger partial charge in [0.2, 0.25) is 0 Å². The molecule has 5 heteroatoms. The lowest BCUT2D eigenvalue weighted by atomic mass is 9.99. The number of ether oxygens (including phenoxy) is 2. The van der Waals surface area contributed by atoms with Crippen LogP contribution in [0.3, 0.4) is 0 Å². The molecule has 2 aliphatic rings. The van der Waals surface area contributed by atoms with Crippen LogP contribution in [0, 0.1) is 5.92 Å². The zero-order valence-electron chi connectivity index (χ0n) is 10.9. The second-order valence-corrected chi connectivity index (χ2v) is 5.19. The maximum Gasteiger partial charge on any atom is 0.332 e. The number of hydrogen-bond donors (Lipinski definition) is 2. The third kappa shape index (κ3) is 3.43. The van der Waals surface area contributed by atoms with Gasteiger partial charge in [0.25, 0.3) is 0 Å². The van der Waals surface area contributed by atoms with Gasteiger partial charge in [0.05, 0.1) is 12.2 Å². The number of rotatable bonds is 6. The Morgan fingerprint density at radius 1 is 1.33 bits per heavy atom. The lowest BCUT2D eigenvalue weighted by Gasteiger charge is -2.19. The molecule has 18 heavy (non-hydrogen) atoms. The first-order valence-corrected chi connectivity index (χ1v) is 6.91. The van der Waals surface area contributed by atoms with E-state index in [-0.39, 0.29) is 6.10 Å². The summed E-state index contributed by atoms with van der Waals surface area (Å²) in [7, 11) is 0. The number of hydrogen-bond acceptors (Lipinski definition) is 4. The van der Waals surface area contributed by atoms with Crippen molar-refractivity contribution in [1.82, 2.24) is 5.32 Å². The van der Waals surface area contributed by atoms with E-state index in [1.165, 1.54) is 0 Å². The smallest absolute Gasteiger partial charge is 0.332 e. The molecule has 2 N–H and O–H groups in total. The van der Waals surface area contributed by atoms with Crippen LogP contribution >= 0.6 is 0 Å². The van der Waals surface area contributed by atoms with E-state index in [1.807, 2.05) is 0 Å². The summed E-state index contributed by atoms with van der Waals surface area (Å²) >= 11 is 0. The molecular weight excluding hydrogens is 234 g/mol. The average Bonchev–Trinajstić information content (AvgIpc) is 2.97. The van der Waals surface area contributed by atoms with Gasteiger partial charge in [-0.2, -0.15) is 0 Å². The molecule has 2 rings (SSSR count). The Hall–Kier alpha value is -0.650. The minimum atomic E-state index is -0.840. The first-order valence-electron chi connectivity index (χ1n) is 6.91. The summed E-state index contributed by atoms with van der Waals surface area (Å²) in [6.07, 6.45) is 3.48. The van der Waals surface area contributed by atoms with Gasteiger partial charge in [-0.3, -0.25) is 0 Å². The zero-order valence-corrected chi connectivity index (χ0v) is 10.9. The number of carbonyl (C=O) groups is 1. The van der Waals surface area contributed by atoms with Crippen LogP contribution in [0.1, 0.15) is 32.6 Å². The van der Waals surface area contributed by atoms with Crippen molar-refractivity contribution in [3.8, 4) is 0 Å². The highest BCUT2D eigenvalue weighted by Crippen LogP contribution is 2.23. The molecule has 2 fully saturated rings. The van der Waals surface area contributed by atoms with Gasteiger partial charge in [0.1, 0.15) is 0 Å². The van der Waals surface area contributed by atoms with Crippen molar-refractivity contribution in [3.63, 3.8) is 0 Å². The lowest BCUT2D eigenvalue weighted by molar-refractivity contribution is -0.149. The van der Waals surface area contributed by atoms with Crippen LogP contribution in [0.5, 0.6) is 0 Å². The van der Waals surface area contributed by atoms with Crippen LogP contribution < -0.4 is 5.32 Å². The maximum atomic E-state index is 10.7. The molecular formula is C13H23NO4. The molecule has 2 aliphatic heterocycles. The van der Waals surface area contributed by atoms with Crippen molar-refractivity contribution in [2.24, 2.45) is 5.92 Å². The highest BCUT2D eigenvalue weighted by molar-refractivity contribution is 5.72. The summed E-state index contributed by atoms with van der Waals surface area (Å²) in [6, 6.07) is 0. The topological polar surface area (TPSA) is 67.8 Å². The van der Waals surface area contributed by atoms with E-state index in [9.17, 15) is 4.79 Å². The van der Waals surface area contributed by atoms with Crippen molar-refractivity contribution in [3.05, 3.63) is 0 Å². The van der Waals surface area contributed by atoms with Crippen molar-refractivity contribution < 1.29 is 19.4 Å². The first-order chi connectivity index (χ1) is 8.70. The van der Waals surface area contributed by atoms with Crippen molar-refractivity contribution in [1.29, 1.82) is 0 Å². The van der Waals surface area contributed by atoms with E-state index < -0.39 is 12.1 Å². The molecule has 0 aromatic rings. The summed E-state index contributed by atoms with van der Waals surface area (Å²) in [4.78, 5) is 10.7. The van der Waals surface area contributed by atoms with Gasteiger partial charge in [-0.15, -0.1) is 0 Å². The van der Waals surface area contributed by atoms with E-state index in [4.69, 9.17) is 14.6 Å². The fraction of sp³-hybridized carbons (Fsp3) is 0.923. The summed E-state index contributed by atoms with van der Waals surface area (Å²) in [5.41, 5.74) is 0. The zero-order chi connectivity index (χ0) is 13.0. The Morgan fingerprint density at radius 2 is 2.17 bits per heavy atom. The van der Waals surface area contributed by atoms with Crippen molar-refractivity contribution in [2.45, 2.75) is 50.9 Å². The van der Waals surface area contributed by atoms with Crippen molar-refractivity contribution in [2.75, 3.05) is 19.7 Å². The molecule has 0 saturated carbocycles. The number of carboxylic acids is 1. The lowest BCUT2D eigenvalue weighted by Crippen LogP contribution is -2.34. The van der Waals surface area contributed by atoms with Gasteiger partial charge in [-0.05, 0) is 31.6 Å². The van der Waals surface area contributed by atoms with Crippen LogP contribution in [-0.4, -0.2) is 49.1 Å². The molecule has 4 unspecified atom stereocenters. The van der Waals surface area contributed by atoms with Crippen molar-refractivity contribution >= 4 is 5.97 Å². The van der Waals surface area contributed by atoms with E-state index >= 15 is 0 Å². The van der Waals surface area contributed by atoms with Gasteiger partial charge in [0.15, 0.2) is 6.10 Å². The molecule has 0 aromatic heterocycles. The molecule has 5 nitrogen and oxygen atoms in total. The Kier molecular flexibility index (Phi) is 4.97. The fourth-order valence-corrected chi connectivity index (χ4v) is 2.84. The predicted molar refractivity (Wildman–Crippen MR) is 66.5 cm³/mol. The molecule has 0 bridgehead atoms. The minimum absolute atomic E-state index is 0.0495. The minimum Gasteiger partial charge on any atom is -0.479 e. The van der Waals surface area contributed by atoms with Crippen LogP contribution in [0.15, 0.2) is 0 Å². The summed E-state index contributed by atoms with van der Waals surface area (Å²) in [6.45, 7) is 4.71. The number of nitrogens with one attached hydrogen (secondary N) is 1. The molecule has 2 saturated heterocycles. The van der Waals surface area contributed by atoms with E-state index in [0.29, 0.717) is 18.4 Å². The molecule has 0 amide bonds. The van der Waals surface area contributed by atoms with Gasteiger partial charge in [0, 0.05) is 19.7 Å². The van der Waals surface area contributed by atoms with Crippen LogP contribution in [-0.2, 0) is 14.3 Å². The molecule has 0 radical (unpaired) electrons. The second kappa shape index (κ2) is 6.50. The SMILES string of the molecule is CCC1OCCC1CNCC1CCC(C(=O)O)O1. The highest BCUT2D eigenvalue weighted by atomic mass is 16.5. The monoisotopic (exact) mass is 257 g/mol. The molecule has 4 atom stereocenters. The predicted octanol–water partition coefficient (Wildman–Crippen LogP) is 1.02. The number of aliphatic carboxylic acids is 1. The van der Waals surface area contributed by atoms with Crippen LogP contribution in [0.4, 0.5) is 0 Å². The third-order valence-corrected chi connectivity index (χ3v) is 3.91. The molecule has 0 aromatic carbocycles. The van der Waals surface area contributed by atoms with Gasteiger partial charge < -0.3 is 19.9 Å². The first kappa shape index (κ1) is 13.8. The Morgan fingerprint density at radius 3 is 2.83 bits per heavy atom. The molecule has 104 valence electrons. The second-order valence-electron chi connectivity index (χ2n) is 5.19. The average molecular weight is 257 g/mol. The van der Waals surface area contributed by atoms with Gasteiger partial charge >= 0.3 is 5.97 Å². The van der Waals surface area contributed by atoms with Crippen LogP contribution in [0.25, 0.3) is 0 Å². The van der Waals surface area contributed by atoms with E-state index in [2.05, 4.69) is 12.2 Å². The summed E-state index contributed by atoms with van der Waals surface area (Å²) in [5, 5.41) is 12.2. The Labute approximate surface area is 108 Å². The standard InChI is InChI=1S/C13H23NO4/c1-2-11-9(5-6-17-11)7-14-8-10-3-4-12(18-10)13(15)16/h9-12,14H,2-8H2,1H3,(H,15,16). The largest absolute Gasteiger partial charge is 0.479 e. The quantitative estimate of drug-likeness (QED) is 0.743. The van der Waals surface area contributed by atoms with Gasteiger partial charge in [-0.25, -0.2) is 4.79 Å². The summed E-state index contributed by atoms with van der Waals surface area (Å²) in [5.74, 6) is -0.251. The third-order valence-electron chi connectivity index (χ3n) is 3.91. The normalized spacial score (nSPS) is 36.1. The maximum absolute atomic E-state index is 10.7.